The fourth-order valence-electron chi connectivity index (χ4n) is 2.93. The Balaban J connectivity index is 1.99. The lowest BCUT2D eigenvalue weighted by molar-refractivity contribution is -0.143. The second-order valence-corrected chi connectivity index (χ2v) is 9.02. The molecule has 0 amide bonds. The molecule has 2 heterocycles. The summed E-state index contributed by atoms with van der Waals surface area (Å²) in [7, 11) is -3.71. The number of aliphatic carboxylic acids is 1. The van der Waals surface area contributed by atoms with Crippen LogP contribution in [0.15, 0.2) is 23.1 Å². The van der Waals surface area contributed by atoms with Gasteiger partial charge in [-0.25, -0.2) is 13.4 Å². The first-order chi connectivity index (χ1) is 10.8. The number of thiazole rings is 1. The van der Waals surface area contributed by atoms with Crippen molar-refractivity contribution in [2.75, 3.05) is 6.54 Å². The van der Waals surface area contributed by atoms with E-state index in [9.17, 15) is 18.3 Å². The van der Waals surface area contributed by atoms with Gasteiger partial charge >= 0.3 is 5.97 Å². The number of carboxylic acids is 1. The van der Waals surface area contributed by atoms with Crippen molar-refractivity contribution in [1.82, 2.24) is 9.29 Å². The fraction of sp³-hybridized carbons (Fsp3) is 0.467. The van der Waals surface area contributed by atoms with E-state index in [1.54, 1.807) is 18.2 Å². The zero-order chi connectivity index (χ0) is 16.8. The van der Waals surface area contributed by atoms with Gasteiger partial charge in [-0.3, -0.25) is 4.79 Å². The Kier molecular flexibility index (Phi) is 4.16. The summed E-state index contributed by atoms with van der Waals surface area (Å²) in [5, 5.41) is 10.1. The van der Waals surface area contributed by atoms with Crippen molar-refractivity contribution >= 4 is 37.5 Å². The molecule has 0 bridgehead atoms. The van der Waals surface area contributed by atoms with Gasteiger partial charge in [-0.15, -0.1) is 11.3 Å². The van der Waals surface area contributed by atoms with Crippen LogP contribution in [0.5, 0.6) is 0 Å². The molecule has 1 saturated heterocycles. The fourth-order valence-corrected chi connectivity index (χ4v) is 5.60. The van der Waals surface area contributed by atoms with E-state index in [2.05, 4.69) is 4.98 Å². The minimum Gasteiger partial charge on any atom is -0.481 e. The highest BCUT2D eigenvalue weighted by Gasteiger charge is 2.37. The van der Waals surface area contributed by atoms with Crippen LogP contribution in [0, 0.1) is 12.8 Å². The molecule has 2 unspecified atom stereocenters. The summed E-state index contributed by atoms with van der Waals surface area (Å²) >= 11 is 1.45. The third-order valence-corrected chi connectivity index (χ3v) is 7.16. The van der Waals surface area contributed by atoms with Crippen molar-refractivity contribution in [2.24, 2.45) is 5.92 Å². The molecule has 6 nitrogen and oxygen atoms in total. The lowest BCUT2D eigenvalue weighted by Crippen LogP contribution is -2.47. The van der Waals surface area contributed by atoms with Crippen molar-refractivity contribution in [2.45, 2.75) is 37.6 Å². The maximum absolute atomic E-state index is 12.9. The Labute approximate surface area is 138 Å². The quantitative estimate of drug-likeness (QED) is 0.915. The average molecular weight is 354 g/mol. The van der Waals surface area contributed by atoms with Crippen LogP contribution < -0.4 is 0 Å². The normalized spacial score (nSPS) is 23.2. The number of carboxylic acid groups (broad SMARTS) is 1. The summed E-state index contributed by atoms with van der Waals surface area (Å²) in [6.45, 7) is 3.73. The van der Waals surface area contributed by atoms with Crippen LogP contribution in [0.25, 0.3) is 10.2 Å². The smallest absolute Gasteiger partial charge is 0.307 e. The Morgan fingerprint density at radius 3 is 2.83 bits per heavy atom. The highest BCUT2D eigenvalue weighted by molar-refractivity contribution is 7.89. The number of sulfonamides is 1. The summed E-state index contributed by atoms with van der Waals surface area (Å²) in [4.78, 5) is 15.8. The first-order valence-corrected chi connectivity index (χ1v) is 9.66. The first kappa shape index (κ1) is 16.4. The number of benzene rings is 1. The molecule has 1 aromatic carbocycles. The molecule has 0 aliphatic carbocycles. The predicted molar refractivity (Wildman–Crippen MR) is 88.1 cm³/mol. The molecule has 0 radical (unpaired) electrons. The predicted octanol–water partition coefficient (Wildman–Crippen LogP) is 2.48. The van der Waals surface area contributed by atoms with Crippen LogP contribution in [-0.4, -0.2) is 41.4 Å². The number of piperidine rings is 1. The van der Waals surface area contributed by atoms with E-state index in [0.29, 0.717) is 12.8 Å². The van der Waals surface area contributed by atoms with E-state index in [1.807, 2.05) is 13.8 Å². The average Bonchev–Trinajstić information content (AvgIpc) is 2.86. The summed E-state index contributed by atoms with van der Waals surface area (Å²) in [6.07, 6.45) is 1.06. The topological polar surface area (TPSA) is 87.6 Å². The minimum atomic E-state index is -3.71. The number of carbonyl (C=O) groups is 1. The Hall–Kier alpha value is -1.51. The number of aryl methyl sites for hydroxylation is 1. The van der Waals surface area contributed by atoms with Gasteiger partial charge in [0.15, 0.2) is 0 Å². The van der Waals surface area contributed by atoms with Crippen molar-refractivity contribution in [3.63, 3.8) is 0 Å². The van der Waals surface area contributed by atoms with Gasteiger partial charge in [0.25, 0.3) is 0 Å². The molecule has 2 atom stereocenters. The molecular weight excluding hydrogens is 336 g/mol. The molecule has 1 aromatic heterocycles. The van der Waals surface area contributed by atoms with Gasteiger partial charge < -0.3 is 5.11 Å². The van der Waals surface area contributed by atoms with Crippen molar-refractivity contribution in [3.05, 3.63) is 23.2 Å². The third kappa shape index (κ3) is 2.98. The zero-order valence-electron chi connectivity index (χ0n) is 12.9. The largest absolute Gasteiger partial charge is 0.481 e. The number of hydrogen-bond donors (Lipinski definition) is 1. The van der Waals surface area contributed by atoms with Crippen molar-refractivity contribution in [1.29, 1.82) is 0 Å². The first-order valence-electron chi connectivity index (χ1n) is 7.41. The van der Waals surface area contributed by atoms with Gasteiger partial charge in [0.2, 0.25) is 10.0 Å². The molecule has 1 aliphatic heterocycles. The Morgan fingerprint density at radius 1 is 1.39 bits per heavy atom. The number of hydrogen-bond acceptors (Lipinski definition) is 5. The van der Waals surface area contributed by atoms with Crippen molar-refractivity contribution in [3.8, 4) is 0 Å². The van der Waals surface area contributed by atoms with Gasteiger partial charge in [0.05, 0.1) is 26.0 Å². The molecule has 2 aromatic rings. The van der Waals surface area contributed by atoms with Gasteiger partial charge in [-0.05, 0) is 44.9 Å². The van der Waals surface area contributed by atoms with Gasteiger partial charge in [0.1, 0.15) is 0 Å². The monoisotopic (exact) mass is 354 g/mol. The Bertz CT molecular complexity index is 859. The highest BCUT2D eigenvalue weighted by atomic mass is 32.2. The van der Waals surface area contributed by atoms with Gasteiger partial charge in [-0.2, -0.15) is 4.31 Å². The van der Waals surface area contributed by atoms with E-state index >= 15 is 0 Å². The second-order valence-electron chi connectivity index (χ2n) is 5.90. The van der Waals surface area contributed by atoms with E-state index < -0.39 is 21.9 Å². The third-order valence-electron chi connectivity index (χ3n) is 4.25. The Morgan fingerprint density at radius 2 is 2.13 bits per heavy atom. The number of rotatable bonds is 3. The summed E-state index contributed by atoms with van der Waals surface area (Å²) in [5.74, 6) is -1.58. The SMILES string of the molecule is Cc1nc2ccc(S(=O)(=O)N3CC(C(=O)O)CCC3C)cc2s1. The molecule has 1 aliphatic rings. The van der Waals surface area contributed by atoms with Crippen LogP contribution in [0.4, 0.5) is 0 Å². The van der Waals surface area contributed by atoms with E-state index in [4.69, 9.17) is 0 Å². The molecule has 0 spiro atoms. The molecule has 3 rings (SSSR count). The lowest BCUT2D eigenvalue weighted by Gasteiger charge is -2.35. The molecular formula is C15H18N2O4S2. The van der Waals surface area contributed by atoms with Crippen LogP contribution in [-0.2, 0) is 14.8 Å². The summed E-state index contributed by atoms with van der Waals surface area (Å²) < 4.78 is 28.0. The van der Waals surface area contributed by atoms with Crippen LogP contribution in [0.1, 0.15) is 24.8 Å². The maximum Gasteiger partial charge on any atom is 0.307 e. The van der Waals surface area contributed by atoms with E-state index in [0.717, 1.165) is 15.2 Å². The van der Waals surface area contributed by atoms with E-state index in [-0.39, 0.29) is 17.5 Å². The number of fused-ring (bicyclic) bond motifs is 1. The van der Waals surface area contributed by atoms with Gasteiger partial charge in [-0.1, -0.05) is 0 Å². The number of nitrogens with zero attached hydrogens (tertiary/aromatic N) is 2. The standard InChI is InChI=1S/C15H18N2O4S2/c1-9-3-4-11(15(18)19)8-17(9)23(20,21)12-5-6-13-14(7-12)22-10(2)16-13/h5-7,9,11H,3-4,8H2,1-2H3,(H,18,19). The molecule has 1 fully saturated rings. The zero-order valence-corrected chi connectivity index (χ0v) is 14.5. The second kappa shape index (κ2) is 5.85. The van der Waals surface area contributed by atoms with Gasteiger partial charge in [0, 0.05) is 12.6 Å². The maximum atomic E-state index is 12.9. The summed E-state index contributed by atoms with van der Waals surface area (Å²) in [6, 6.07) is 4.68. The van der Waals surface area contributed by atoms with Crippen molar-refractivity contribution < 1.29 is 18.3 Å². The van der Waals surface area contributed by atoms with E-state index in [1.165, 1.54) is 15.6 Å². The van der Waals surface area contributed by atoms with Crippen LogP contribution >= 0.6 is 11.3 Å². The van der Waals surface area contributed by atoms with Crippen LogP contribution in [0.3, 0.4) is 0 Å². The molecule has 124 valence electrons. The highest BCUT2D eigenvalue weighted by Crippen LogP contribution is 2.31. The minimum absolute atomic E-state index is 0.0264. The molecule has 8 heteroatoms. The molecule has 23 heavy (non-hydrogen) atoms. The molecule has 0 saturated carbocycles. The van der Waals surface area contributed by atoms with Crippen LogP contribution in [0.2, 0.25) is 0 Å². The molecule has 1 N–H and O–H groups in total. The summed E-state index contributed by atoms with van der Waals surface area (Å²) in [5.41, 5.74) is 0.779. The number of aromatic nitrogens is 1. The lowest BCUT2D eigenvalue weighted by atomic mass is 9.96.